The summed E-state index contributed by atoms with van der Waals surface area (Å²) in [5.41, 5.74) is 13.5. The molecule has 3 aromatic heterocycles. The van der Waals surface area contributed by atoms with Crippen molar-refractivity contribution in [3.05, 3.63) is 167 Å². The van der Waals surface area contributed by atoms with Gasteiger partial charge in [-0.15, -0.1) is 41.3 Å². The standard InChI is InChI=1S/C45H29N3OS.Pt/c1-5-18-36-31(14-1)32-15-2-6-19-37(32)45(36)38-20-7-3-17-35(38)44-42(45)43(47-50-44)28-12-11-13-29(26-28)49-30-23-24-34-33-16-4-8-21-39(33)48(40(34)27-30)41-22-9-10-25-46-41;/h1,3-5,7-14,16-18,20-25H,2,6,15,19H2;/q-2;+2. The zero-order chi connectivity index (χ0) is 32.8. The van der Waals surface area contributed by atoms with Crippen LogP contribution in [-0.4, -0.2) is 13.9 Å². The van der Waals surface area contributed by atoms with Crippen molar-refractivity contribution in [2.24, 2.45) is 0 Å². The molecule has 0 radical (unpaired) electrons. The summed E-state index contributed by atoms with van der Waals surface area (Å²) in [6.45, 7) is 0. The predicted octanol–water partition coefficient (Wildman–Crippen LogP) is 11.3. The maximum absolute atomic E-state index is 6.57. The second-order valence-electron chi connectivity index (χ2n) is 13.4. The Kier molecular flexibility index (Phi) is 7.06. The molecule has 1 spiro atoms. The van der Waals surface area contributed by atoms with E-state index in [1.807, 2.05) is 36.5 Å². The Morgan fingerprint density at radius 2 is 1.45 bits per heavy atom. The monoisotopic (exact) mass is 854 g/mol. The molecule has 1 atom stereocenters. The number of hydrogen-bond donors (Lipinski definition) is 0. The van der Waals surface area contributed by atoms with Crippen LogP contribution in [-0.2, 0) is 26.5 Å². The van der Waals surface area contributed by atoms with Crippen molar-refractivity contribution < 1.29 is 25.8 Å². The third-order valence-corrected chi connectivity index (χ3v) is 11.8. The van der Waals surface area contributed by atoms with Crippen LogP contribution < -0.4 is 4.74 Å². The van der Waals surface area contributed by atoms with Gasteiger partial charge in [-0.3, -0.25) is 0 Å². The molecule has 3 aliphatic carbocycles. The van der Waals surface area contributed by atoms with Crippen LogP contribution in [0.3, 0.4) is 0 Å². The molecule has 6 heteroatoms. The van der Waals surface area contributed by atoms with Crippen molar-refractivity contribution in [2.45, 2.75) is 31.1 Å². The van der Waals surface area contributed by atoms with Gasteiger partial charge in [0.15, 0.2) is 0 Å². The average Bonchev–Trinajstić information content (AvgIpc) is 3.91. The third-order valence-electron chi connectivity index (χ3n) is 10.9. The molecule has 0 fully saturated rings. The van der Waals surface area contributed by atoms with Gasteiger partial charge in [-0.2, -0.15) is 6.07 Å². The number of allylic oxidation sites excluding steroid dienone is 2. The van der Waals surface area contributed by atoms with Crippen LogP contribution in [0, 0.1) is 12.1 Å². The van der Waals surface area contributed by atoms with Crippen molar-refractivity contribution in [1.29, 1.82) is 0 Å². The molecular formula is C45H29N3OPtS. The van der Waals surface area contributed by atoms with Gasteiger partial charge in [0.2, 0.25) is 0 Å². The van der Waals surface area contributed by atoms with Gasteiger partial charge in [0.1, 0.15) is 5.82 Å². The summed E-state index contributed by atoms with van der Waals surface area (Å²) in [7, 11) is 0. The number of para-hydroxylation sites is 1. The quantitative estimate of drug-likeness (QED) is 0.166. The average molecular weight is 855 g/mol. The Morgan fingerprint density at radius 3 is 2.33 bits per heavy atom. The molecule has 11 rings (SSSR count). The Balaban J connectivity index is 0.00000327. The van der Waals surface area contributed by atoms with Gasteiger partial charge in [0.25, 0.3) is 0 Å². The summed E-state index contributed by atoms with van der Waals surface area (Å²) in [5, 5.41) is 2.26. The second-order valence-corrected chi connectivity index (χ2v) is 14.2. The summed E-state index contributed by atoms with van der Waals surface area (Å²) in [6, 6.07) is 50.0. The topological polar surface area (TPSA) is 39.9 Å². The first kappa shape index (κ1) is 30.7. The first-order chi connectivity index (χ1) is 24.8. The number of nitrogens with zero attached hydrogens (tertiary/aromatic N) is 3. The first-order valence-electron chi connectivity index (χ1n) is 17.3. The SMILES string of the molecule is [Pt+2].[c-]1c(Oc2[c-]c3c(cc2)c2ccccc2n3-c2ccccn2)cccc1-c1nsc2c1C1(C3=C(CCCC3)c3ccccc31)c1ccccc1-2. The molecule has 1 unspecified atom stereocenters. The van der Waals surface area contributed by atoms with E-state index >= 15 is 0 Å². The molecule has 246 valence electrons. The maximum Gasteiger partial charge on any atom is 2.00 e. The smallest absolute Gasteiger partial charge is 0.503 e. The Morgan fingerprint density at radius 1 is 0.686 bits per heavy atom. The van der Waals surface area contributed by atoms with Crippen molar-refractivity contribution in [3.8, 4) is 39.0 Å². The van der Waals surface area contributed by atoms with E-state index in [-0.39, 0.29) is 26.5 Å². The predicted molar refractivity (Wildman–Crippen MR) is 201 cm³/mol. The van der Waals surface area contributed by atoms with Crippen LogP contribution in [0.1, 0.15) is 47.9 Å². The number of aromatic nitrogens is 3. The minimum absolute atomic E-state index is 0. The maximum atomic E-state index is 6.57. The van der Waals surface area contributed by atoms with Crippen LogP contribution in [0.4, 0.5) is 0 Å². The molecule has 0 N–H and O–H groups in total. The third kappa shape index (κ3) is 4.29. The van der Waals surface area contributed by atoms with Crippen LogP contribution in [0.5, 0.6) is 11.5 Å². The summed E-state index contributed by atoms with van der Waals surface area (Å²) in [4.78, 5) is 5.94. The van der Waals surface area contributed by atoms with Crippen molar-refractivity contribution in [1.82, 2.24) is 13.9 Å². The molecular weight excluding hydrogens is 826 g/mol. The molecule has 5 aromatic carbocycles. The number of hydrogen-bond acceptors (Lipinski definition) is 4. The molecule has 8 aromatic rings. The van der Waals surface area contributed by atoms with Crippen LogP contribution >= 0.6 is 11.5 Å². The van der Waals surface area contributed by atoms with Gasteiger partial charge in [-0.25, -0.2) is 9.36 Å². The molecule has 0 aliphatic heterocycles. The van der Waals surface area contributed by atoms with E-state index in [1.54, 1.807) is 22.7 Å². The first-order valence-corrected chi connectivity index (χ1v) is 18.1. The minimum Gasteiger partial charge on any atom is -0.503 e. The molecule has 3 heterocycles. The number of benzene rings is 5. The summed E-state index contributed by atoms with van der Waals surface area (Å²) >= 11 is 1.62. The van der Waals surface area contributed by atoms with Crippen LogP contribution in [0.2, 0.25) is 0 Å². The molecule has 4 nitrogen and oxygen atoms in total. The fraction of sp³-hybridized carbons (Fsp3) is 0.111. The van der Waals surface area contributed by atoms with E-state index < -0.39 is 0 Å². The largest absolute Gasteiger partial charge is 2.00 e. The van der Waals surface area contributed by atoms with E-state index in [0.29, 0.717) is 11.5 Å². The fourth-order valence-electron chi connectivity index (χ4n) is 9.02. The molecule has 0 bridgehead atoms. The Bertz CT molecular complexity index is 2710. The van der Waals surface area contributed by atoms with E-state index in [0.717, 1.165) is 51.7 Å². The van der Waals surface area contributed by atoms with Gasteiger partial charge < -0.3 is 9.30 Å². The van der Waals surface area contributed by atoms with Gasteiger partial charge in [0.05, 0.1) is 10.3 Å². The van der Waals surface area contributed by atoms with Crippen LogP contribution in [0.25, 0.3) is 54.9 Å². The van der Waals surface area contributed by atoms with Crippen molar-refractivity contribution in [2.75, 3.05) is 0 Å². The fourth-order valence-corrected chi connectivity index (χ4v) is 10.0. The molecule has 0 amide bonds. The number of pyridine rings is 1. The molecule has 51 heavy (non-hydrogen) atoms. The number of rotatable bonds is 4. The Labute approximate surface area is 314 Å². The number of ether oxygens (including phenoxy) is 1. The summed E-state index contributed by atoms with van der Waals surface area (Å²) in [6.07, 6.45) is 6.52. The zero-order valence-corrected chi connectivity index (χ0v) is 30.5. The van der Waals surface area contributed by atoms with Crippen molar-refractivity contribution >= 4 is 38.9 Å². The van der Waals surface area contributed by atoms with E-state index in [1.165, 1.54) is 45.5 Å². The van der Waals surface area contributed by atoms with E-state index in [2.05, 4.69) is 113 Å². The van der Waals surface area contributed by atoms with Crippen molar-refractivity contribution in [3.63, 3.8) is 0 Å². The summed E-state index contributed by atoms with van der Waals surface area (Å²) < 4.78 is 13.9. The molecule has 3 aliphatic rings. The van der Waals surface area contributed by atoms with Gasteiger partial charge >= 0.3 is 21.1 Å². The Hall–Kier alpha value is -5.09. The molecule has 0 saturated carbocycles. The normalized spacial score (nSPS) is 16.9. The van der Waals surface area contributed by atoms with Gasteiger partial charge in [-0.1, -0.05) is 84.4 Å². The van der Waals surface area contributed by atoms with Crippen LogP contribution in [0.15, 0.2) is 133 Å². The summed E-state index contributed by atoms with van der Waals surface area (Å²) in [5.74, 6) is 2.10. The minimum atomic E-state index is -0.330. The van der Waals surface area contributed by atoms with Gasteiger partial charge in [-0.05, 0) is 99.8 Å². The van der Waals surface area contributed by atoms with Gasteiger partial charge in [0, 0.05) is 28.9 Å². The van der Waals surface area contributed by atoms with E-state index in [4.69, 9.17) is 9.11 Å². The zero-order valence-electron chi connectivity index (χ0n) is 27.4. The second kappa shape index (κ2) is 11.7. The van der Waals surface area contributed by atoms with E-state index in [9.17, 15) is 0 Å². The number of fused-ring (bicyclic) bond motifs is 12. The molecule has 0 saturated heterocycles.